The molecule has 0 N–H and O–H groups in total. The van der Waals surface area contributed by atoms with Crippen LogP contribution in [0, 0.1) is 6.92 Å². The summed E-state index contributed by atoms with van der Waals surface area (Å²) in [6, 6.07) is 2.16. The predicted molar refractivity (Wildman–Crippen MR) is 65.0 cm³/mol. The highest BCUT2D eigenvalue weighted by atomic mass is 32.1. The lowest BCUT2D eigenvalue weighted by Gasteiger charge is -2.36. The average Bonchev–Trinajstić information content (AvgIpc) is 2.67. The molecule has 1 aromatic rings. The topological polar surface area (TPSA) is 29.5 Å². The van der Waals surface area contributed by atoms with E-state index >= 15 is 0 Å². The number of amides is 1. The molecule has 2 unspecified atom stereocenters. The van der Waals surface area contributed by atoms with Gasteiger partial charge in [0.05, 0.1) is 23.6 Å². The molecule has 1 fully saturated rings. The minimum atomic E-state index is 0.139. The zero-order valence-corrected chi connectivity index (χ0v) is 10.7. The van der Waals surface area contributed by atoms with Gasteiger partial charge in [-0.3, -0.25) is 4.79 Å². The molecule has 0 bridgehead atoms. The van der Waals surface area contributed by atoms with Crippen molar-refractivity contribution in [1.82, 2.24) is 4.90 Å². The highest BCUT2D eigenvalue weighted by Gasteiger charge is 2.29. The molecule has 0 aromatic carbocycles. The van der Waals surface area contributed by atoms with E-state index in [9.17, 15) is 4.79 Å². The van der Waals surface area contributed by atoms with Crippen molar-refractivity contribution >= 4 is 17.2 Å². The number of hydrogen-bond acceptors (Lipinski definition) is 3. The number of hydrogen-bond donors (Lipinski definition) is 0. The monoisotopic (exact) mass is 239 g/mol. The summed E-state index contributed by atoms with van der Waals surface area (Å²) >= 11 is 1.52. The molecule has 1 aliphatic rings. The van der Waals surface area contributed by atoms with E-state index in [1.54, 1.807) is 0 Å². The van der Waals surface area contributed by atoms with Gasteiger partial charge >= 0.3 is 0 Å². The van der Waals surface area contributed by atoms with E-state index in [0.29, 0.717) is 13.2 Å². The van der Waals surface area contributed by atoms with Crippen LogP contribution in [0.25, 0.3) is 0 Å². The number of nitrogens with zero attached hydrogens (tertiary/aromatic N) is 1. The third-order valence-corrected chi connectivity index (χ3v) is 3.93. The summed E-state index contributed by atoms with van der Waals surface area (Å²) < 4.78 is 5.53. The molecule has 0 aliphatic carbocycles. The Morgan fingerprint density at radius 2 is 2.31 bits per heavy atom. The van der Waals surface area contributed by atoms with Crippen molar-refractivity contribution in [3.63, 3.8) is 0 Å². The first kappa shape index (κ1) is 11.6. The Kier molecular flexibility index (Phi) is 3.30. The minimum Gasteiger partial charge on any atom is -0.375 e. The molecule has 1 aromatic heterocycles. The first-order chi connectivity index (χ1) is 7.59. The second kappa shape index (κ2) is 4.55. The van der Waals surface area contributed by atoms with E-state index < -0.39 is 0 Å². The number of carbonyl (C=O) groups excluding carboxylic acids is 1. The highest BCUT2D eigenvalue weighted by molar-refractivity contribution is 7.12. The summed E-state index contributed by atoms with van der Waals surface area (Å²) in [5, 5.41) is 1.97. The highest BCUT2D eigenvalue weighted by Crippen LogP contribution is 2.21. The van der Waals surface area contributed by atoms with Crippen molar-refractivity contribution in [3.05, 3.63) is 21.9 Å². The predicted octanol–water partition coefficient (Wildman–Crippen LogP) is 2.31. The minimum absolute atomic E-state index is 0.139. The molecule has 1 saturated heterocycles. The Labute approximate surface area is 100 Å². The van der Waals surface area contributed by atoms with Crippen LogP contribution in [0.4, 0.5) is 0 Å². The molecular weight excluding hydrogens is 222 g/mol. The van der Waals surface area contributed by atoms with Crippen molar-refractivity contribution in [2.24, 2.45) is 0 Å². The van der Waals surface area contributed by atoms with Gasteiger partial charge in [0.25, 0.3) is 5.91 Å². The smallest absolute Gasteiger partial charge is 0.264 e. The molecule has 2 atom stereocenters. The number of thiophene rings is 1. The molecule has 0 saturated carbocycles. The average molecular weight is 239 g/mol. The van der Waals surface area contributed by atoms with Crippen LogP contribution in [0.15, 0.2) is 11.4 Å². The lowest BCUT2D eigenvalue weighted by molar-refractivity contribution is -0.0385. The van der Waals surface area contributed by atoms with Crippen molar-refractivity contribution in [3.8, 4) is 0 Å². The quantitative estimate of drug-likeness (QED) is 0.752. The van der Waals surface area contributed by atoms with Crippen LogP contribution in [0.2, 0.25) is 0 Å². The van der Waals surface area contributed by atoms with Gasteiger partial charge in [0.15, 0.2) is 0 Å². The summed E-state index contributed by atoms with van der Waals surface area (Å²) in [5.74, 6) is 0.148. The van der Waals surface area contributed by atoms with Crippen LogP contribution in [0.5, 0.6) is 0 Å². The van der Waals surface area contributed by atoms with Gasteiger partial charge in [-0.2, -0.15) is 0 Å². The molecule has 1 aliphatic heterocycles. The standard InChI is InChI=1S/C12H17NO2S/c1-8-4-5-16-11(8)12(14)13-6-10(3)15-7-9(13)2/h4-5,9-10H,6-7H2,1-3H3. The Balaban J connectivity index is 2.18. The zero-order chi connectivity index (χ0) is 11.7. The van der Waals surface area contributed by atoms with Crippen molar-refractivity contribution in [2.45, 2.75) is 32.9 Å². The third kappa shape index (κ3) is 2.13. The molecule has 1 amide bonds. The fraction of sp³-hybridized carbons (Fsp3) is 0.583. The molecule has 3 nitrogen and oxygen atoms in total. The lowest BCUT2D eigenvalue weighted by Crippen LogP contribution is -2.50. The lowest BCUT2D eigenvalue weighted by atomic mass is 10.2. The summed E-state index contributed by atoms with van der Waals surface area (Å²) in [4.78, 5) is 15.1. The number of ether oxygens (including phenoxy) is 1. The first-order valence-corrected chi connectivity index (χ1v) is 6.44. The molecule has 88 valence electrons. The second-order valence-electron chi connectivity index (χ2n) is 4.38. The van der Waals surface area contributed by atoms with Crippen LogP contribution in [0.3, 0.4) is 0 Å². The normalized spacial score (nSPS) is 25.8. The maximum Gasteiger partial charge on any atom is 0.264 e. The van der Waals surface area contributed by atoms with E-state index in [4.69, 9.17) is 4.74 Å². The van der Waals surface area contributed by atoms with E-state index in [0.717, 1.165) is 10.4 Å². The number of rotatable bonds is 1. The van der Waals surface area contributed by atoms with Crippen molar-refractivity contribution < 1.29 is 9.53 Å². The van der Waals surface area contributed by atoms with Gasteiger partial charge in [0, 0.05) is 6.54 Å². The van der Waals surface area contributed by atoms with E-state index in [2.05, 4.69) is 0 Å². The number of morpholine rings is 1. The molecule has 4 heteroatoms. The maximum absolute atomic E-state index is 12.3. The Morgan fingerprint density at radius 1 is 1.56 bits per heavy atom. The molecule has 0 spiro atoms. The molecule has 2 rings (SSSR count). The van der Waals surface area contributed by atoms with Crippen LogP contribution >= 0.6 is 11.3 Å². The fourth-order valence-electron chi connectivity index (χ4n) is 1.91. The Bertz CT molecular complexity index is 388. The van der Waals surface area contributed by atoms with E-state index in [-0.39, 0.29) is 18.1 Å². The van der Waals surface area contributed by atoms with Gasteiger partial charge in [-0.1, -0.05) is 0 Å². The van der Waals surface area contributed by atoms with Gasteiger partial charge in [-0.25, -0.2) is 0 Å². The van der Waals surface area contributed by atoms with Crippen LogP contribution in [-0.4, -0.2) is 36.1 Å². The molecule has 0 radical (unpaired) electrons. The number of carbonyl (C=O) groups is 1. The summed E-state index contributed by atoms with van der Waals surface area (Å²) in [6.45, 7) is 7.35. The first-order valence-electron chi connectivity index (χ1n) is 5.56. The Hall–Kier alpha value is -0.870. The Morgan fingerprint density at radius 3 is 2.94 bits per heavy atom. The van der Waals surface area contributed by atoms with Gasteiger partial charge in [0.2, 0.25) is 0 Å². The van der Waals surface area contributed by atoms with Gasteiger partial charge in [-0.15, -0.1) is 11.3 Å². The summed E-state index contributed by atoms with van der Waals surface area (Å²) in [6.07, 6.45) is 0.139. The second-order valence-corrected chi connectivity index (χ2v) is 5.30. The van der Waals surface area contributed by atoms with Gasteiger partial charge in [0.1, 0.15) is 0 Å². The van der Waals surface area contributed by atoms with Crippen molar-refractivity contribution in [2.75, 3.05) is 13.2 Å². The van der Waals surface area contributed by atoms with Crippen molar-refractivity contribution in [1.29, 1.82) is 0 Å². The largest absolute Gasteiger partial charge is 0.375 e. The van der Waals surface area contributed by atoms with E-state index in [1.807, 2.05) is 37.1 Å². The van der Waals surface area contributed by atoms with E-state index in [1.165, 1.54) is 11.3 Å². The molecule has 16 heavy (non-hydrogen) atoms. The van der Waals surface area contributed by atoms with Gasteiger partial charge < -0.3 is 9.64 Å². The van der Waals surface area contributed by atoms with Crippen LogP contribution in [-0.2, 0) is 4.74 Å². The summed E-state index contributed by atoms with van der Waals surface area (Å²) in [7, 11) is 0. The summed E-state index contributed by atoms with van der Waals surface area (Å²) in [5.41, 5.74) is 1.07. The molecule has 2 heterocycles. The SMILES string of the molecule is Cc1ccsc1C(=O)N1CC(C)OCC1C. The number of aryl methyl sites for hydroxylation is 1. The fourth-order valence-corrected chi connectivity index (χ4v) is 2.79. The van der Waals surface area contributed by atoms with Crippen LogP contribution < -0.4 is 0 Å². The van der Waals surface area contributed by atoms with Crippen LogP contribution in [0.1, 0.15) is 29.1 Å². The zero-order valence-electron chi connectivity index (χ0n) is 9.90. The molecular formula is C12H17NO2S. The maximum atomic E-state index is 12.3. The third-order valence-electron chi connectivity index (χ3n) is 2.93. The van der Waals surface area contributed by atoms with Gasteiger partial charge in [-0.05, 0) is 37.8 Å².